The van der Waals surface area contributed by atoms with Crippen LogP contribution in [0.1, 0.15) is 12.0 Å². The summed E-state index contributed by atoms with van der Waals surface area (Å²) in [4.78, 5) is 11.9. The third-order valence-corrected chi connectivity index (χ3v) is 6.86. The third-order valence-electron chi connectivity index (χ3n) is 3.58. The molecule has 1 saturated heterocycles. The van der Waals surface area contributed by atoms with Crippen LogP contribution in [0, 0.1) is 0 Å². The van der Waals surface area contributed by atoms with Gasteiger partial charge in [0.2, 0.25) is 5.91 Å². The second-order valence-electron chi connectivity index (χ2n) is 5.30. The predicted octanol–water partition coefficient (Wildman–Crippen LogP) is 1.24. The summed E-state index contributed by atoms with van der Waals surface area (Å²) in [5.74, 6) is 1.84. The summed E-state index contributed by atoms with van der Waals surface area (Å²) in [6.45, 7) is 0.392. The van der Waals surface area contributed by atoms with Crippen LogP contribution in [0.2, 0.25) is 0 Å². The molecule has 0 unspecified atom stereocenters. The first-order valence-corrected chi connectivity index (χ1v) is 10.1. The highest BCUT2D eigenvalue weighted by Gasteiger charge is 2.28. The Labute approximate surface area is 140 Å². The molecule has 1 N–H and O–H groups in total. The van der Waals surface area contributed by atoms with Crippen molar-refractivity contribution >= 4 is 27.5 Å². The van der Waals surface area contributed by atoms with E-state index >= 15 is 0 Å². The Morgan fingerprint density at radius 1 is 1.30 bits per heavy atom. The van der Waals surface area contributed by atoms with Gasteiger partial charge in [0.1, 0.15) is 0 Å². The number of hydrogen-bond donors (Lipinski definition) is 1. The summed E-state index contributed by atoms with van der Waals surface area (Å²) in [6.07, 6.45) is 0.635. The van der Waals surface area contributed by atoms with Crippen LogP contribution in [0.25, 0.3) is 0 Å². The normalized spacial score (nSPS) is 19.3. The lowest BCUT2D eigenvalue weighted by Crippen LogP contribution is -2.25. The van der Waals surface area contributed by atoms with Crippen molar-refractivity contribution in [2.24, 2.45) is 0 Å². The Hall–Kier alpha value is -1.41. The predicted molar refractivity (Wildman–Crippen MR) is 90.9 cm³/mol. The average molecular weight is 359 g/mol. The van der Waals surface area contributed by atoms with Crippen LogP contribution in [-0.4, -0.2) is 51.1 Å². The van der Waals surface area contributed by atoms with Crippen LogP contribution in [0.15, 0.2) is 18.2 Å². The molecule has 1 heterocycles. The molecule has 0 bridgehead atoms. The van der Waals surface area contributed by atoms with Gasteiger partial charge in [-0.3, -0.25) is 4.79 Å². The summed E-state index contributed by atoms with van der Waals surface area (Å²) in [6, 6.07) is 5.46. The minimum atomic E-state index is -2.89. The maximum atomic E-state index is 11.9. The van der Waals surface area contributed by atoms with Crippen molar-refractivity contribution in [3.05, 3.63) is 23.8 Å². The first-order valence-electron chi connectivity index (χ1n) is 7.23. The van der Waals surface area contributed by atoms with E-state index in [0.717, 1.165) is 5.56 Å². The van der Waals surface area contributed by atoms with E-state index in [4.69, 9.17) is 9.47 Å². The number of benzene rings is 1. The number of hydrogen-bond acceptors (Lipinski definition) is 6. The van der Waals surface area contributed by atoms with Crippen molar-refractivity contribution < 1.29 is 22.7 Å². The molecule has 2 rings (SSSR count). The van der Waals surface area contributed by atoms with Gasteiger partial charge in [0.25, 0.3) is 0 Å². The zero-order chi connectivity index (χ0) is 16.9. The summed E-state index contributed by atoms with van der Waals surface area (Å²) >= 11 is 1.41. The molecule has 128 valence electrons. The molecule has 1 aliphatic heterocycles. The van der Waals surface area contributed by atoms with Crippen LogP contribution in [-0.2, 0) is 21.2 Å². The molecule has 1 amide bonds. The van der Waals surface area contributed by atoms with Gasteiger partial charge in [-0.25, -0.2) is 8.42 Å². The standard InChI is InChI=1S/C15H21NO5S2/c1-20-13-4-3-11(7-14(13)21-2)8-16-15(17)9-22-12-5-6-23(18,19)10-12/h3-4,7,12H,5-6,8-10H2,1-2H3,(H,16,17)/t12-/m1/s1. The van der Waals surface area contributed by atoms with Gasteiger partial charge in [0.15, 0.2) is 21.3 Å². The Morgan fingerprint density at radius 2 is 2.04 bits per heavy atom. The molecule has 1 aliphatic rings. The second-order valence-corrected chi connectivity index (χ2v) is 8.82. The summed E-state index contributed by atoms with van der Waals surface area (Å²) in [5, 5.41) is 2.86. The fourth-order valence-electron chi connectivity index (χ4n) is 2.33. The molecule has 1 atom stereocenters. The van der Waals surface area contributed by atoms with Gasteiger partial charge in [0, 0.05) is 11.8 Å². The van der Waals surface area contributed by atoms with Crippen molar-refractivity contribution in [1.82, 2.24) is 5.32 Å². The number of sulfone groups is 1. The molecule has 0 saturated carbocycles. The quantitative estimate of drug-likeness (QED) is 0.789. The fourth-order valence-corrected chi connectivity index (χ4v) is 5.80. The third kappa shape index (κ3) is 5.31. The van der Waals surface area contributed by atoms with Gasteiger partial charge in [-0.05, 0) is 24.1 Å². The van der Waals surface area contributed by atoms with Crippen molar-refractivity contribution in [2.75, 3.05) is 31.5 Å². The number of carbonyl (C=O) groups is 1. The highest BCUT2D eigenvalue weighted by atomic mass is 32.2. The number of amides is 1. The van der Waals surface area contributed by atoms with Gasteiger partial charge >= 0.3 is 0 Å². The van der Waals surface area contributed by atoms with E-state index in [1.807, 2.05) is 12.1 Å². The van der Waals surface area contributed by atoms with Crippen molar-refractivity contribution in [2.45, 2.75) is 18.2 Å². The summed E-state index contributed by atoms with van der Waals surface area (Å²) < 4.78 is 33.1. The van der Waals surface area contributed by atoms with Crippen LogP contribution >= 0.6 is 11.8 Å². The fraction of sp³-hybridized carbons (Fsp3) is 0.533. The van der Waals surface area contributed by atoms with Gasteiger partial charge in [-0.2, -0.15) is 0 Å². The van der Waals surface area contributed by atoms with Gasteiger partial charge in [-0.15, -0.1) is 11.8 Å². The Balaban J connectivity index is 1.78. The average Bonchev–Trinajstić information content (AvgIpc) is 2.89. The van der Waals surface area contributed by atoms with Crippen molar-refractivity contribution in [1.29, 1.82) is 0 Å². The molecule has 23 heavy (non-hydrogen) atoms. The van der Waals surface area contributed by atoms with Gasteiger partial charge in [-0.1, -0.05) is 6.07 Å². The molecule has 1 aromatic rings. The number of carbonyl (C=O) groups excluding carboxylic acids is 1. The lowest BCUT2D eigenvalue weighted by molar-refractivity contribution is -0.118. The number of ether oxygens (including phenoxy) is 2. The lowest BCUT2D eigenvalue weighted by Gasteiger charge is -2.11. The van der Waals surface area contributed by atoms with E-state index < -0.39 is 9.84 Å². The molecule has 0 spiro atoms. The van der Waals surface area contributed by atoms with E-state index in [2.05, 4.69) is 5.32 Å². The molecular weight excluding hydrogens is 338 g/mol. The topological polar surface area (TPSA) is 81.7 Å². The van der Waals surface area contributed by atoms with Crippen molar-refractivity contribution in [3.8, 4) is 11.5 Å². The van der Waals surface area contributed by atoms with Crippen molar-refractivity contribution in [3.63, 3.8) is 0 Å². The molecule has 6 nitrogen and oxygen atoms in total. The van der Waals surface area contributed by atoms with Crippen LogP contribution in [0.5, 0.6) is 11.5 Å². The number of thioether (sulfide) groups is 1. The molecule has 8 heteroatoms. The molecule has 0 aromatic heterocycles. The minimum absolute atomic E-state index is 0.0341. The first-order chi connectivity index (χ1) is 10.9. The highest BCUT2D eigenvalue weighted by molar-refractivity contribution is 8.02. The Morgan fingerprint density at radius 3 is 2.65 bits per heavy atom. The SMILES string of the molecule is COc1ccc(CNC(=O)CS[C@@H]2CCS(=O)(=O)C2)cc1OC. The number of methoxy groups -OCH3 is 2. The zero-order valence-corrected chi connectivity index (χ0v) is 14.8. The molecule has 0 radical (unpaired) electrons. The number of nitrogens with one attached hydrogen (secondary N) is 1. The smallest absolute Gasteiger partial charge is 0.230 e. The van der Waals surface area contributed by atoms with E-state index in [9.17, 15) is 13.2 Å². The first kappa shape index (κ1) is 17.9. The maximum absolute atomic E-state index is 11.9. The Bertz CT molecular complexity index is 660. The van der Waals surface area contributed by atoms with Crippen LogP contribution in [0.3, 0.4) is 0 Å². The zero-order valence-electron chi connectivity index (χ0n) is 13.2. The minimum Gasteiger partial charge on any atom is -0.493 e. The van der Waals surface area contributed by atoms with E-state index in [1.165, 1.54) is 11.8 Å². The second kappa shape index (κ2) is 7.92. The van der Waals surface area contributed by atoms with E-state index in [-0.39, 0.29) is 28.4 Å². The van der Waals surface area contributed by atoms with Gasteiger partial charge < -0.3 is 14.8 Å². The summed E-state index contributed by atoms with van der Waals surface area (Å²) in [5.41, 5.74) is 0.907. The van der Waals surface area contributed by atoms with E-state index in [0.29, 0.717) is 24.5 Å². The molecular formula is C15H21NO5S2. The van der Waals surface area contributed by atoms with Gasteiger partial charge in [0.05, 0.1) is 31.5 Å². The molecule has 0 aliphatic carbocycles. The lowest BCUT2D eigenvalue weighted by atomic mass is 10.2. The maximum Gasteiger partial charge on any atom is 0.230 e. The van der Waals surface area contributed by atoms with Crippen LogP contribution < -0.4 is 14.8 Å². The largest absolute Gasteiger partial charge is 0.493 e. The summed E-state index contributed by atoms with van der Waals surface area (Å²) in [7, 11) is 0.240. The Kier molecular flexibility index (Phi) is 6.17. The monoisotopic (exact) mass is 359 g/mol. The van der Waals surface area contributed by atoms with Crippen LogP contribution in [0.4, 0.5) is 0 Å². The molecule has 1 fully saturated rings. The molecule has 1 aromatic carbocycles. The number of rotatable bonds is 7. The van der Waals surface area contributed by atoms with E-state index in [1.54, 1.807) is 20.3 Å². The highest BCUT2D eigenvalue weighted by Crippen LogP contribution is 2.27.